The van der Waals surface area contributed by atoms with Gasteiger partial charge in [-0.1, -0.05) is 0 Å². The highest BCUT2D eigenvalue weighted by atomic mass is 19.4. The van der Waals surface area contributed by atoms with Crippen LogP contribution in [0.25, 0.3) is 0 Å². The summed E-state index contributed by atoms with van der Waals surface area (Å²) in [5.41, 5.74) is 5.09. The van der Waals surface area contributed by atoms with Gasteiger partial charge in [-0.2, -0.15) is 18.4 Å². The fourth-order valence-corrected chi connectivity index (χ4v) is 2.30. The Balaban J connectivity index is 2.27. The minimum Gasteiger partial charge on any atom is -0.373 e. The fraction of sp³-hybridized carbons (Fsp3) is 0.500. The summed E-state index contributed by atoms with van der Waals surface area (Å²) in [6, 6.07) is 5.05. The van der Waals surface area contributed by atoms with E-state index < -0.39 is 11.7 Å². The average Bonchev–Trinajstić information content (AvgIpc) is 2.45. The van der Waals surface area contributed by atoms with Gasteiger partial charge in [0.2, 0.25) is 0 Å². The maximum atomic E-state index is 12.8. The minimum atomic E-state index is -4.52. The van der Waals surface area contributed by atoms with Gasteiger partial charge in [-0.25, -0.2) is 0 Å². The smallest absolute Gasteiger partial charge is 0.373 e. The number of halogens is 3. The van der Waals surface area contributed by atoms with Crippen LogP contribution in [0, 0.1) is 11.3 Å². The number of ether oxygens (including phenoxy) is 1. The molecule has 1 aromatic rings. The molecule has 0 radical (unpaired) electrons. The molecule has 1 aliphatic rings. The van der Waals surface area contributed by atoms with E-state index in [4.69, 9.17) is 15.7 Å². The van der Waals surface area contributed by atoms with E-state index in [0.29, 0.717) is 25.4 Å². The molecule has 1 heterocycles. The second kappa shape index (κ2) is 5.92. The largest absolute Gasteiger partial charge is 0.417 e. The van der Waals surface area contributed by atoms with E-state index in [1.807, 2.05) is 11.8 Å². The summed E-state index contributed by atoms with van der Waals surface area (Å²) in [5, 5.41) is 8.93. The van der Waals surface area contributed by atoms with Gasteiger partial charge < -0.3 is 15.4 Å². The Kier molecular flexibility index (Phi) is 4.40. The molecule has 1 aliphatic heterocycles. The van der Waals surface area contributed by atoms with Crippen molar-refractivity contribution in [2.45, 2.75) is 25.2 Å². The van der Waals surface area contributed by atoms with Crippen molar-refractivity contribution in [1.29, 1.82) is 5.26 Å². The van der Waals surface area contributed by atoms with Crippen LogP contribution in [0.4, 0.5) is 18.9 Å². The number of hydrogen-bond acceptors (Lipinski definition) is 4. The Morgan fingerprint density at radius 2 is 2.19 bits per heavy atom. The van der Waals surface area contributed by atoms with Crippen molar-refractivity contribution in [2.24, 2.45) is 5.73 Å². The first-order valence-electron chi connectivity index (χ1n) is 6.56. The second-order valence-electron chi connectivity index (χ2n) is 5.05. The monoisotopic (exact) mass is 299 g/mol. The van der Waals surface area contributed by atoms with E-state index in [1.54, 1.807) is 6.07 Å². The van der Waals surface area contributed by atoms with Crippen molar-refractivity contribution in [3.05, 3.63) is 29.3 Å². The molecule has 2 atom stereocenters. The van der Waals surface area contributed by atoms with Gasteiger partial charge in [-0.05, 0) is 25.1 Å². The van der Waals surface area contributed by atoms with Crippen molar-refractivity contribution in [3.8, 4) is 6.07 Å². The molecule has 0 amide bonds. The van der Waals surface area contributed by atoms with Crippen molar-refractivity contribution >= 4 is 5.69 Å². The van der Waals surface area contributed by atoms with Crippen LogP contribution in [0.1, 0.15) is 18.1 Å². The van der Waals surface area contributed by atoms with Crippen LogP contribution in [0.15, 0.2) is 18.2 Å². The SMILES string of the molecule is CC(N)C1CN(c2ccc(C(F)(F)F)c(C#N)c2)CCO1. The van der Waals surface area contributed by atoms with Crippen molar-refractivity contribution in [3.63, 3.8) is 0 Å². The van der Waals surface area contributed by atoms with Crippen molar-refractivity contribution in [2.75, 3.05) is 24.6 Å². The molecule has 21 heavy (non-hydrogen) atoms. The van der Waals surface area contributed by atoms with Gasteiger partial charge in [0.25, 0.3) is 0 Å². The van der Waals surface area contributed by atoms with Gasteiger partial charge in [0.15, 0.2) is 0 Å². The lowest BCUT2D eigenvalue weighted by molar-refractivity contribution is -0.137. The number of hydrogen-bond donors (Lipinski definition) is 1. The topological polar surface area (TPSA) is 62.3 Å². The lowest BCUT2D eigenvalue weighted by Crippen LogP contribution is -2.49. The van der Waals surface area contributed by atoms with Crippen molar-refractivity contribution < 1.29 is 17.9 Å². The normalized spacial score (nSPS) is 21.0. The summed E-state index contributed by atoms with van der Waals surface area (Å²) < 4.78 is 43.8. The lowest BCUT2D eigenvalue weighted by atomic mass is 10.1. The third kappa shape index (κ3) is 3.46. The molecule has 0 aliphatic carbocycles. The summed E-state index contributed by atoms with van der Waals surface area (Å²) in [4.78, 5) is 1.89. The molecule has 2 unspecified atom stereocenters. The molecular formula is C14H16F3N3O. The van der Waals surface area contributed by atoms with E-state index in [9.17, 15) is 13.2 Å². The first-order valence-corrected chi connectivity index (χ1v) is 6.56. The van der Waals surface area contributed by atoms with Crippen LogP contribution in [0.3, 0.4) is 0 Å². The summed E-state index contributed by atoms with van der Waals surface area (Å²) in [7, 11) is 0. The molecule has 114 valence electrons. The van der Waals surface area contributed by atoms with E-state index >= 15 is 0 Å². The van der Waals surface area contributed by atoms with Crippen LogP contribution in [-0.2, 0) is 10.9 Å². The van der Waals surface area contributed by atoms with Crippen LogP contribution in [0.5, 0.6) is 0 Å². The van der Waals surface area contributed by atoms with Crippen LogP contribution in [-0.4, -0.2) is 31.8 Å². The quantitative estimate of drug-likeness (QED) is 0.908. The highest BCUT2D eigenvalue weighted by molar-refractivity contribution is 5.55. The first kappa shape index (κ1) is 15.6. The predicted molar refractivity (Wildman–Crippen MR) is 71.8 cm³/mol. The van der Waals surface area contributed by atoms with E-state index in [2.05, 4.69) is 0 Å². The van der Waals surface area contributed by atoms with Gasteiger partial charge in [0, 0.05) is 24.8 Å². The average molecular weight is 299 g/mol. The third-order valence-electron chi connectivity index (χ3n) is 3.47. The first-order chi connectivity index (χ1) is 9.82. The molecule has 2 N–H and O–H groups in total. The molecule has 1 saturated heterocycles. The summed E-state index contributed by atoms with van der Waals surface area (Å²) in [6.07, 6.45) is -4.70. The Morgan fingerprint density at radius 1 is 1.48 bits per heavy atom. The molecule has 0 bridgehead atoms. The third-order valence-corrected chi connectivity index (χ3v) is 3.47. The number of anilines is 1. The molecular weight excluding hydrogens is 283 g/mol. The van der Waals surface area contributed by atoms with Gasteiger partial charge in [-0.3, -0.25) is 0 Å². The second-order valence-corrected chi connectivity index (χ2v) is 5.05. The maximum Gasteiger partial charge on any atom is 0.417 e. The summed E-state index contributed by atoms with van der Waals surface area (Å²) >= 11 is 0. The molecule has 0 aromatic heterocycles. The highest BCUT2D eigenvalue weighted by Gasteiger charge is 2.34. The van der Waals surface area contributed by atoms with Crippen molar-refractivity contribution in [1.82, 2.24) is 0 Å². The molecule has 1 aromatic carbocycles. The molecule has 7 heteroatoms. The fourth-order valence-electron chi connectivity index (χ4n) is 2.30. The van der Waals surface area contributed by atoms with Crippen LogP contribution >= 0.6 is 0 Å². The standard InChI is InChI=1S/C14H16F3N3O/c1-9(19)13-8-20(4-5-21-13)11-2-3-12(14(15,16)17)10(6-11)7-18/h2-3,6,9,13H,4-5,8,19H2,1H3. The zero-order valence-corrected chi connectivity index (χ0v) is 11.5. The number of benzene rings is 1. The van der Waals surface area contributed by atoms with E-state index in [0.717, 1.165) is 6.07 Å². The maximum absolute atomic E-state index is 12.8. The van der Waals surface area contributed by atoms with Crippen LogP contribution < -0.4 is 10.6 Å². The summed E-state index contributed by atoms with van der Waals surface area (Å²) in [5.74, 6) is 0. The summed E-state index contributed by atoms with van der Waals surface area (Å²) in [6.45, 7) is 3.32. The number of morpholine rings is 1. The highest BCUT2D eigenvalue weighted by Crippen LogP contribution is 2.34. The Morgan fingerprint density at radius 3 is 2.76 bits per heavy atom. The minimum absolute atomic E-state index is 0.169. The zero-order valence-electron chi connectivity index (χ0n) is 11.5. The van der Waals surface area contributed by atoms with Gasteiger partial charge in [0.1, 0.15) is 0 Å². The zero-order chi connectivity index (χ0) is 15.6. The Labute approximate surface area is 120 Å². The lowest BCUT2D eigenvalue weighted by Gasteiger charge is -2.36. The van der Waals surface area contributed by atoms with Gasteiger partial charge >= 0.3 is 6.18 Å². The van der Waals surface area contributed by atoms with Gasteiger partial charge in [0.05, 0.1) is 29.9 Å². The molecule has 1 fully saturated rings. The number of rotatable bonds is 2. The van der Waals surface area contributed by atoms with Gasteiger partial charge in [-0.15, -0.1) is 0 Å². The van der Waals surface area contributed by atoms with E-state index in [1.165, 1.54) is 12.1 Å². The number of alkyl halides is 3. The number of nitrogens with zero attached hydrogens (tertiary/aromatic N) is 2. The molecule has 0 spiro atoms. The Hall–Kier alpha value is -1.78. The van der Waals surface area contributed by atoms with Crippen LogP contribution in [0.2, 0.25) is 0 Å². The molecule has 0 saturated carbocycles. The molecule has 2 rings (SSSR count). The number of nitriles is 1. The predicted octanol–water partition coefficient (Wildman–Crippen LogP) is 2.13. The van der Waals surface area contributed by atoms with E-state index in [-0.39, 0.29) is 17.7 Å². The Bertz CT molecular complexity index is 551. The number of nitrogens with two attached hydrogens (primary N) is 1. The molecule has 4 nitrogen and oxygen atoms in total.